The lowest BCUT2D eigenvalue weighted by atomic mass is 9.95. The topological polar surface area (TPSA) is 42.0 Å². The fourth-order valence-corrected chi connectivity index (χ4v) is 4.12. The molecule has 3 rings (SSSR count). The molecule has 2 heterocycles. The SMILES string of the molecule is C=CCc1cc(CN2CCCC(C(=O)N3CCOCC3)C2)ccc1OC(C)C. The molecule has 28 heavy (non-hydrogen) atoms. The highest BCUT2D eigenvalue weighted by atomic mass is 16.5. The van der Waals surface area contributed by atoms with Crippen LogP contribution in [0.25, 0.3) is 0 Å². The van der Waals surface area contributed by atoms with Crippen molar-refractivity contribution in [2.45, 2.75) is 45.8 Å². The van der Waals surface area contributed by atoms with Crippen LogP contribution in [-0.4, -0.2) is 61.2 Å². The highest BCUT2D eigenvalue weighted by Gasteiger charge is 2.30. The summed E-state index contributed by atoms with van der Waals surface area (Å²) in [6.45, 7) is 13.5. The Labute approximate surface area is 169 Å². The molecule has 154 valence electrons. The molecule has 0 spiro atoms. The number of hydrogen-bond donors (Lipinski definition) is 0. The van der Waals surface area contributed by atoms with E-state index in [-0.39, 0.29) is 12.0 Å². The van der Waals surface area contributed by atoms with Gasteiger partial charge in [-0.25, -0.2) is 0 Å². The highest BCUT2D eigenvalue weighted by Crippen LogP contribution is 2.25. The number of hydrogen-bond acceptors (Lipinski definition) is 4. The zero-order valence-corrected chi connectivity index (χ0v) is 17.4. The van der Waals surface area contributed by atoms with Crippen LogP contribution in [-0.2, 0) is 22.5 Å². The molecule has 2 aliphatic rings. The molecule has 1 atom stereocenters. The molecule has 0 N–H and O–H groups in total. The maximum absolute atomic E-state index is 12.9. The van der Waals surface area contributed by atoms with Crippen molar-refractivity contribution in [3.63, 3.8) is 0 Å². The lowest BCUT2D eigenvalue weighted by Gasteiger charge is -2.36. The predicted molar refractivity (Wildman–Crippen MR) is 112 cm³/mol. The zero-order chi connectivity index (χ0) is 19.9. The van der Waals surface area contributed by atoms with E-state index in [2.05, 4.69) is 29.7 Å². The average molecular weight is 387 g/mol. The Kier molecular flexibility index (Phi) is 7.51. The standard InChI is InChI=1S/C23H34N2O3/c1-4-6-20-15-19(8-9-22(20)28-18(2)3)16-24-10-5-7-21(17-24)23(26)25-11-13-27-14-12-25/h4,8-9,15,18,21H,1,5-7,10-14,16-17H2,2-3H3. The van der Waals surface area contributed by atoms with E-state index in [4.69, 9.17) is 9.47 Å². The van der Waals surface area contributed by atoms with Crippen molar-refractivity contribution < 1.29 is 14.3 Å². The van der Waals surface area contributed by atoms with Crippen molar-refractivity contribution in [1.29, 1.82) is 0 Å². The quantitative estimate of drug-likeness (QED) is 0.675. The second-order valence-electron chi connectivity index (χ2n) is 8.11. The van der Waals surface area contributed by atoms with Crippen LogP contribution >= 0.6 is 0 Å². The van der Waals surface area contributed by atoms with Gasteiger partial charge in [-0.05, 0) is 56.8 Å². The van der Waals surface area contributed by atoms with E-state index in [0.29, 0.717) is 19.1 Å². The van der Waals surface area contributed by atoms with Gasteiger partial charge in [0.05, 0.1) is 25.2 Å². The van der Waals surface area contributed by atoms with Gasteiger partial charge in [0.15, 0.2) is 0 Å². The minimum Gasteiger partial charge on any atom is -0.491 e. The largest absolute Gasteiger partial charge is 0.491 e. The molecule has 0 aromatic heterocycles. The number of benzene rings is 1. The van der Waals surface area contributed by atoms with Gasteiger partial charge in [0.25, 0.3) is 0 Å². The first-order valence-electron chi connectivity index (χ1n) is 10.5. The van der Waals surface area contributed by atoms with E-state index in [0.717, 1.165) is 57.7 Å². The molecular formula is C23H34N2O3. The predicted octanol–water partition coefficient (Wildman–Crippen LogP) is 3.27. The Morgan fingerprint density at radius 1 is 1.32 bits per heavy atom. The van der Waals surface area contributed by atoms with Crippen LogP contribution in [0.15, 0.2) is 30.9 Å². The summed E-state index contributed by atoms with van der Waals surface area (Å²) in [7, 11) is 0. The van der Waals surface area contributed by atoms with Crippen LogP contribution in [0, 0.1) is 5.92 Å². The molecule has 1 unspecified atom stereocenters. The van der Waals surface area contributed by atoms with Crippen LogP contribution < -0.4 is 4.74 Å². The summed E-state index contributed by atoms with van der Waals surface area (Å²) in [5.41, 5.74) is 2.45. The smallest absolute Gasteiger partial charge is 0.227 e. The van der Waals surface area contributed by atoms with Crippen LogP contribution in [0.3, 0.4) is 0 Å². The molecule has 0 aliphatic carbocycles. The molecular weight excluding hydrogens is 352 g/mol. The lowest BCUT2D eigenvalue weighted by Crippen LogP contribution is -2.48. The fraction of sp³-hybridized carbons (Fsp3) is 0.609. The van der Waals surface area contributed by atoms with Crippen molar-refractivity contribution in [3.05, 3.63) is 42.0 Å². The molecule has 5 heteroatoms. The van der Waals surface area contributed by atoms with Gasteiger partial charge in [-0.1, -0.05) is 18.2 Å². The van der Waals surface area contributed by atoms with Gasteiger partial charge >= 0.3 is 0 Å². The van der Waals surface area contributed by atoms with E-state index in [1.807, 2.05) is 24.8 Å². The Morgan fingerprint density at radius 2 is 2.11 bits per heavy atom. The highest BCUT2D eigenvalue weighted by molar-refractivity contribution is 5.79. The third-order valence-corrected chi connectivity index (χ3v) is 5.44. The van der Waals surface area contributed by atoms with E-state index < -0.39 is 0 Å². The molecule has 0 bridgehead atoms. The molecule has 2 aliphatic heterocycles. The van der Waals surface area contributed by atoms with Gasteiger partial charge in [0.1, 0.15) is 5.75 Å². The number of carbonyl (C=O) groups is 1. The van der Waals surface area contributed by atoms with Crippen LogP contribution in [0.2, 0.25) is 0 Å². The molecule has 5 nitrogen and oxygen atoms in total. The monoisotopic (exact) mass is 386 g/mol. The Morgan fingerprint density at radius 3 is 2.82 bits per heavy atom. The van der Waals surface area contributed by atoms with Crippen molar-refractivity contribution in [1.82, 2.24) is 9.80 Å². The maximum atomic E-state index is 12.9. The van der Waals surface area contributed by atoms with Crippen molar-refractivity contribution >= 4 is 5.91 Å². The van der Waals surface area contributed by atoms with E-state index in [9.17, 15) is 4.79 Å². The van der Waals surface area contributed by atoms with Gasteiger partial charge in [0.2, 0.25) is 5.91 Å². The number of amides is 1. The summed E-state index contributed by atoms with van der Waals surface area (Å²) in [5, 5.41) is 0. The summed E-state index contributed by atoms with van der Waals surface area (Å²) < 4.78 is 11.3. The first kappa shape index (κ1) is 20.9. The van der Waals surface area contributed by atoms with Gasteiger partial charge in [0, 0.05) is 26.2 Å². The van der Waals surface area contributed by atoms with Gasteiger partial charge in [-0.15, -0.1) is 6.58 Å². The number of rotatable bonds is 7. The van der Waals surface area contributed by atoms with Crippen molar-refractivity contribution in [2.75, 3.05) is 39.4 Å². The lowest BCUT2D eigenvalue weighted by molar-refractivity contribution is -0.141. The summed E-state index contributed by atoms with van der Waals surface area (Å²) >= 11 is 0. The van der Waals surface area contributed by atoms with Crippen LogP contribution in [0.5, 0.6) is 5.75 Å². The Bertz CT molecular complexity index is 668. The first-order chi connectivity index (χ1) is 13.6. The van der Waals surface area contributed by atoms with E-state index in [1.54, 1.807) is 0 Å². The molecule has 0 saturated carbocycles. The number of carbonyl (C=O) groups excluding carboxylic acids is 1. The molecule has 1 amide bonds. The number of piperidine rings is 1. The summed E-state index contributed by atoms with van der Waals surface area (Å²) in [4.78, 5) is 17.3. The summed E-state index contributed by atoms with van der Waals surface area (Å²) in [6.07, 6.45) is 4.95. The minimum absolute atomic E-state index is 0.114. The normalized spacial score (nSPS) is 21.0. The third kappa shape index (κ3) is 5.58. The number of ether oxygens (including phenoxy) is 2. The third-order valence-electron chi connectivity index (χ3n) is 5.44. The average Bonchev–Trinajstić information content (AvgIpc) is 2.70. The zero-order valence-electron chi connectivity index (χ0n) is 17.4. The summed E-state index contributed by atoms with van der Waals surface area (Å²) in [6, 6.07) is 6.46. The molecule has 1 aromatic carbocycles. The molecule has 2 saturated heterocycles. The van der Waals surface area contributed by atoms with E-state index in [1.165, 1.54) is 11.1 Å². The number of nitrogens with zero attached hydrogens (tertiary/aromatic N) is 2. The first-order valence-corrected chi connectivity index (χ1v) is 10.5. The Hall–Kier alpha value is -1.85. The minimum atomic E-state index is 0.114. The number of allylic oxidation sites excluding steroid dienone is 1. The van der Waals surface area contributed by atoms with Crippen molar-refractivity contribution in [2.24, 2.45) is 5.92 Å². The number of morpholine rings is 1. The Balaban J connectivity index is 1.63. The maximum Gasteiger partial charge on any atom is 0.227 e. The van der Waals surface area contributed by atoms with Crippen LogP contribution in [0.1, 0.15) is 37.8 Å². The van der Waals surface area contributed by atoms with Crippen molar-refractivity contribution in [3.8, 4) is 5.75 Å². The molecule has 1 aromatic rings. The van der Waals surface area contributed by atoms with Gasteiger partial charge in [-0.3, -0.25) is 9.69 Å². The van der Waals surface area contributed by atoms with E-state index >= 15 is 0 Å². The second kappa shape index (κ2) is 10.1. The fourth-order valence-electron chi connectivity index (χ4n) is 4.12. The van der Waals surface area contributed by atoms with Gasteiger partial charge in [-0.2, -0.15) is 0 Å². The second-order valence-corrected chi connectivity index (χ2v) is 8.11. The van der Waals surface area contributed by atoms with Crippen LogP contribution in [0.4, 0.5) is 0 Å². The molecule has 0 radical (unpaired) electrons. The number of likely N-dealkylation sites (tertiary alicyclic amines) is 1. The van der Waals surface area contributed by atoms with Gasteiger partial charge < -0.3 is 14.4 Å². The molecule has 2 fully saturated rings. The summed E-state index contributed by atoms with van der Waals surface area (Å²) in [5.74, 6) is 1.36.